The molecule has 21 heavy (non-hydrogen) atoms. The van der Waals surface area contributed by atoms with Crippen LogP contribution < -0.4 is 10.1 Å². The lowest BCUT2D eigenvalue weighted by Gasteiger charge is -2.11. The Labute approximate surface area is 129 Å². The number of carbonyl (C=O) groups is 1. The Balaban J connectivity index is 1.91. The van der Waals surface area contributed by atoms with Gasteiger partial charge >= 0.3 is 0 Å². The number of ether oxygens (including phenoxy) is 1. The molecule has 0 saturated carbocycles. The molecule has 2 rings (SSSR count). The Morgan fingerprint density at radius 2 is 1.86 bits per heavy atom. The summed E-state index contributed by atoms with van der Waals surface area (Å²) in [6.07, 6.45) is 2.02. The summed E-state index contributed by atoms with van der Waals surface area (Å²) in [5.41, 5.74) is 3.00. The number of anilines is 1. The van der Waals surface area contributed by atoms with Crippen molar-refractivity contribution < 1.29 is 9.53 Å². The number of thioether (sulfide) groups is 1. The van der Waals surface area contributed by atoms with E-state index in [0.717, 1.165) is 22.6 Å². The number of benzene rings is 2. The Morgan fingerprint density at radius 3 is 2.52 bits per heavy atom. The molecule has 0 radical (unpaired) electrons. The lowest BCUT2D eigenvalue weighted by molar-refractivity contribution is -0.118. The first-order valence-corrected chi connectivity index (χ1v) is 7.95. The number of hydrogen-bond acceptors (Lipinski definition) is 3. The maximum absolute atomic E-state index is 11.9. The summed E-state index contributed by atoms with van der Waals surface area (Å²) in [6.45, 7) is 4.02. The van der Waals surface area contributed by atoms with E-state index >= 15 is 0 Å². The van der Waals surface area contributed by atoms with Crippen molar-refractivity contribution in [2.45, 2.75) is 18.7 Å². The first-order valence-electron chi connectivity index (χ1n) is 6.73. The fourth-order valence-electron chi connectivity index (χ4n) is 1.90. The van der Waals surface area contributed by atoms with Gasteiger partial charge in [0.1, 0.15) is 5.75 Å². The van der Waals surface area contributed by atoms with E-state index in [0.29, 0.717) is 0 Å². The molecule has 0 aliphatic rings. The molecule has 110 valence electrons. The van der Waals surface area contributed by atoms with Crippen LogP contribution in [0.5, 0.6) is 5.75 Å². The van der Waals surface area contributed by atoms with Crippen LogP contribution in [-0.4, -0.2) is 18.8 Å². The van der Waals surface area contributed by atoms with Crippen molar-refractivity contribution in [3.63, 3.8) is 0 Å². The summed E-state index contributed by atoms with van der Waals surface area (Å²) < 4.78 is 5.58. The van der Waals surface area contributed by atoms with Gasteiger partial charge in [-0.3, -0.25) is 4.79 Å². The summed E-state index contributed by atoms with van der Waals surface area (Å²) >= 11 is 1.67. The highest BCUT2D eigenvalue weighted by molar-refractivity contribution is 7.98. The highest BCUT2D eigenvalue weighted by Gasteiger charge is 2.06. The Bertz CT molecular complexity index is 623. The van der Waals surface area contributed by atoms with Crippen molar-refractivity contribution in [3.05, 3.63) is 53.6 Å². The van der Waals surface area contributed by atoms with Crippen LogP contribution in [0.4, 0.5) is 5.69 Å². The fourth-order valence-corrected chi connectivity index (χ4v) is 2.30. The predicted molar refractivity (Wildman–Crippen MR) is 88.3 cm³/mol. The van der Waals surface area contributed by atoms with E-state index in [-0.39, 0.29) is 12.5 Å². The Kier molecular flexibility index (Phi) is 5.28. The van der Waals surface area contributed by atoms with Crippen molar-refractivity contribution in [1.82, 2.24) is 0 Å². The number of amides is 1. The monoisotopic (exact) mass is 301 g/mol. The van der Waals surface area contributed by atoms with Gasteiger partial charge in [-0.25, -0.2) is 0 Å². The summed E-state index contributed by atoms with van der Waals surface area (Å²) in [5, 5.41) is 2.82. The zero-order valence-electron chi connectivity index (χ0n) is 12.5. The van der Waals surface area contributed by atoms with E-state index in [1.165, 1.54) is 4.90 Å². The molecule has 0 unspecified atom stereocenters. The molecule has 0 aromatic heterocycles. The highest BCUT2D eigenvalue weighted by Crippen LogP contribution is 2.21. The predicted octanol–water partition coefficient (Wildman–Crippen LogP) is 4.04. The van der Waals surface area contributed by atoms with E-state index in [2.05, 4.69) is 5.32 Å². The molecule has 0 aliphatic carbocycles. The highest BCUT2D eigenvalue weighted by atomic mass is 32.2. The van der Waals surface area contributed by atoms with Gasteiger partial charge in [0.2, 0.25) is 0 Å². The van der Waals surface area contributed by atoms with Crippen LogP contribution in [0.1, 0.15) is 11.1 Å². The molecular weight excluding hydrogens is 282 g/mol. The summed E-state index contributed by atoms with van der Waals surface area (Å²) in [6, 6.07) is 13.6. The van der Waals surface area contributed by atoms with E-state index < -0.39 is 0 Å². The number of nitrogens with one attached hydrogen (secondary N) is 1. The van der Waals surface area contributed by atoms with Crippen LogP contribution in [0.2, 0.25) is 0 Å². The lowest BCUT2D eigenvalue weighted by Crippen LogP contribution is -2.20. The van der Waals surface area contributed by atoms with Gasteiger partial charge in [0, 0.05) is 10.6 Å². The van der Waals surface area contributed by atoms with Crippen LogP contribution in [0.25, 0.3) is 0 Å². The largest absolute Gasteiger partial charge is 0.483 e. The zero-order chi connectivity index (χ0) is 15.2. The maximum Gasteiger partial charge on any atom is 0.262 e. The van der Waals surface area contributed by atoms with Gasteiger partial charge in [0.15, 0.2) is 6.61 Å². The van der Waals surface area contributed by atoms with Gasteiger partial charge < -0.3 is 10.1 Å². The van der Waals surface area contributed by atoms with E-state index in [1.54, 1.807) is 11.8 Å². The van der Waals surface area contributed by atoms with Gasteiger partial charge in [0.25, 0.3) is 5.91 Å². The first kappa shape index (κ1) is 15.4. The minimum Gasteiger partial charge on any atom is -0.483 e. The number of aryl methyl sites for hydroxylation is 1. The summed E-state index contributed by atoms with van der Waals surface area (Å²) in [4.78, 5) is 13.1. The van der Waals surface area contributed by atoms with Crippen LogP contribution >= 0.6 is 11.8 Å². The minimum absolute atomic E-state index is 0.00850. The van der Waals surface area contributed by atoms with Crippen LogP contribution in [0.15, 0.2) is 47.4 Å². The molecule has 0 saturated heterocycles. The zero-order valence-corrected chi connectivity index (χ0v) is 13.3. The lowest BCUT2D eigenvalue weighted by atomic mass is 10.1. The SMILES string of the molecule is CSc1ccc(NC(=O)COc2cccc(C)c2C)cc1. The molecule has 0 fully saturated rings. The number of rotatable bonds is 5. The molecule has 2 aromatic carbocycles. The van der Waals surface area contributed by atoms with Gasteiger partial charge in [0.05, 0.1) is 0 Å². The minimum atomic E-state index is -0.159. The Morgan fingerprint density at radius 1 is 1.14 bits per heavy atom. The molecule has 0 bridgehead atoms. The molecule has 0 heterocycles. The average molecular weight is 301 g/mol. The molecule has 0 aliphatic heterocycles. The van der Waals surface area contributed by atoms with Crippen molar-refractivity contribution in [2.75, 3.05) is 18.2 Å². The van der Waals surface area contributed by atoms with Gasteiger partial charge in [-0.15, -0.1) is 11.8 Å². The van der Waals surface area contributed by atoms with E-state index in [1.807, 2.05) is 62.6 Å². The quantitative estimate of drug-likeness (QED) is 0.847. The molecule has 1 N–H and O–H groups in total. The van der Waals surface area contributed by atoms with Gasteiger partial charge in [-0.05, 0) is 61.6 Å². The van der Waals surface area contributed by atoms with Gasteiger partial charge in [-0.2, -0.15) is 0 Å². The second-order valence-electron chi connectivity index (χ2n) is 4.76. The molecule has 2 aromatic rings. The number of hydrogen-bond donors (Lipinski definition) is 1. The van der Waals surface area contributed by atoms with Crippen LogP contribution in [0, 0.1) is 13.8 Å². The summed E-state index contributed by atoms with van der Waals surface area (Å²) in [7, 11) is 0. The molecule has 3 nitrogen and oxygen atoms in total. The second kappa shape index (κ2) is 7.18. The normalized spacial score (nSPS) is 10.2. The van der Waals surface area contributed by atoms with Crippen molar-refractivity contribution in [2.24, 2.45) is 0 Å². The van der Waals surface area contributed by atoms with Crippen LogP contribution in [0.3, 0.4) is 0 Å². The first-order chi connectivity index (χ1) is 10.1. The van der Waals surface area contributed by atoms with Crippen molar-refractivity contribution in [3.8, 4) is 5.75 Å². The van der Waals surface area contributed by atoms with Crippen molar-refractivity contribution in [1.29, 1.82) is 0 Å². The standard InChI is InChI=1S/C17H19NO2S/c1-12-5-4-6-16(13(12)2)20-11-17(19)18-14-7-9-15(21-3)10-8-14/h4-10H,11H2,1-3H3,(H,18,19). The third-order valence-corrected chi connectivity index (χ3v) is 4.03. The summed E-state index contributed by atoms with van der Waals surface area (Å²) in [5.74, 6) is 0.593. The molecule has 0 atom stereocenters. The second-order valence-corrected chi connectivity index (χ2v) is 5.64. The Hall–Kier alpha value is -1.94. The van der Waals surface area contributed by atoms with Crippen molar-refractivity contribution >= 4 is 23.4 Å². The number of carbonyl (C=O) groups excluding carboxylic acids is 1. The topological polar surface area (TPSA) is 38.3 Å². The molecule has 1 amide bonds. The van der Waals surface area contributed by atoms with E-state index in [4.69, 9.17) is 4.74 Å². The fraction of sp³-hybridized carbons (Fsp3) is 0.235. The van der Waals surface area contributed by atoms with Gasteiger partial charge in [-0.1, -0.05) is 12.1 Å². The van der Waals surface area contributed by atoms with E-state index in [9.17, 15) is 4.79 Å². The third kappa shape index (κ3) is 4.26. The maximum atomic E-state index is 11.9. The van der Waals surface area contributed by atoms with Crippen LogP contribution in [-0.2, 0) is 4.79 Å². The third-order valence-electron chi connectivity index (χ3n) is 3.29. The average Bonchev–Trinajstić information content (AvgIpc) is 2.49. The molecule has 4 heteroatoms. The molecular formula is C17H19NO2S. The molecule has 0 spiro atoms. The smallest absolute Gasteiger partial charge is 0.262 e.